The molecule has 82 valence electrons. The van der Waals surface area contributed by atoms with Gasteiger partial charge in [0.15, 0.2) is 0 Å². The van der Waals surface area contributed by atoms with Crippen molar-refractivity contribution in [3.63, 3.8) is 0 Å². The first-order chi connectivity index (χ1) is 7.19. The van der Waals surface area contributed by atoms with Crippen molar-refractivity contribution < 1.29 is 9.66 Å². The van der Waals surface area contributed by atoms with E-state index in [1.165, 1.54) is 19.2 Å². The Morgan fingerprint density at radius 1 is 1.53 bits per heavy atom. The molecule has 5 heteroatoms. The van der Waals surface area contributed by atoms with E-state index in [0.29, 0.717) is 5.75 Å². The van der Waals surface area contributed by atoms with Crippen LogP contribution in [-0.2, 0) is 0 Å². The second-order valence-electron chi connectivity index (χ2n) is 3.07. The van der Waals surface area contributed by atoms with Gasteiger partial charge in [-0.15, -0.1) is 0 Å². The monoisotopic (exact) mass is 210 g/mol. The molecule has 1 aromatic carbocycles. The molecule has 0 fully saturated rings. The second-order valence-corrected chi connectivity index (χ2v) is 3.07. The molecule has 0 heterocycles. The van der Waals surface area contributed by atoms with Crippen molar-refractivity contribution in [2.45, 2.75) is 13.3 Å². The number of methoxy groups -OCH3 is 1. The molecule has 0 aromatic heterocycles. The highest BCUT2D eigenvalue weighted by molar-refractivity contribution is 5.60. The van der Waals surface area contributed by atoms with Gasteiger partial charge in [0.25, 0.3) is 5.69 Å². The fourth-order valence-electron chi connectivity index (χ4n) is 1.20. The molecule has 0 spiro atoms. The third kappa shape index (κ3) is 2.83. The first-order valence-corrected chi connectivity index (χ1v) is 4.75. The van der Waals surface area contributed by atoms with E-state index in [4.69, 9.17) is 4.74 Å². The van der Waals surface area contributed by atoms with Crippen LogP contribution in [0.1, 0.15) is 13.3 Å². The summed E-state index contributed by atoms with van der Waals surface area (Å²) in [5, 5.41) is 13.7. The number of nitrogens with zero attached hydrogens (tertiary/aromatic N) is 1. The third-order valence-electron chi connectivity index (χ3n) is 1.96. The van der Waals surface area contributed by atoms with Crippen molar-refractivity contribution in [1.29, 1.82) is 0 Å². The van der Waals surface area contributed by atoms with Gasteiger partial charge in [-0.1, -0.05) is 6.92 Å². The van der Waals surface area contributed by atoms with E-state index in [2.05, 4.69) is 5.32 Å². The Morgan fingerprint density at radius 2 is 2.27 bits per heavy atom. The molecule has 0 saturated heterocycles. The zero-order chi connectivity index (χ0) is 11.3. The number of nitrogens with one attached hydrogen (secondary N) is 1. The van der Waals surface area contributed by atoms with Crippen LogP contribution in [0.25, 0.3) is 0 Å². The number of non-ortho nitro benzene ring substituents is 1. The quantitative estimate of drug-likeness (QED) is 0.598. The number of hydrogen-bond donors (Lipinski definition) is 1. The topological polar surface area (TPSA) is 64.4 Å². The second kappa shape index (κ2) is 5.19. The van der Waals surface area contributed by atoms with Crippen LogP contribution >= 0.6 is 0 Å². The molecule has 0 saturated carbocycles. The van der Waals surface area contributed by atoms with E-state index in [-0.39, 0.29) is 5.69 Å². The molecule has 0 amide bonds. The SMILES string of the molecule is CCCNc1ccc([N+](=O)[O-])cc1OC. The van der Waals surface area contributed by atoms with Crippen LogP contribution in [0, 0.1) is 10.1 Å². The van der Waals surface area contributed by atoms with Crippen LogP contribution in [0.3, 0.4) is 0 Å². The average molecular weight is 210 g/mol. The molecule has 0 radical (unpaired) electrons. The number of nitro benzene ring substituents is 1. The van der Waals surface area contributed by atoms with Crippen LogP contribution < -0.4 is 10.1 Å². The molecule has 5 nitrogen and oxygen atoms in total. The predicted octanol–water partition coefficient (Wildman–Crippen LogP) is 2.43. The number of benzene rings is 1. The van der Waals surface area contributed by atoms with Crippen LogP contribution in [0.5, 0.6) is 5.75 Å². The van der Waals surface area contributed by atoms with Gasteiger partial charge in [-0.2, -0.15) is 0 Å². The van der Waals surface area contributed by atoms with Gasteiger partial charge in [0, 0.05) is 12.6 Å². The molecule has 0 aliphatic heterocycles. The highest BCUT2D eigenvalue weighted by Crippen LogP contribution is 2.28. The Kier molecular flexibility index (Phi) is 3.91. The summed E-state index contributed by atoms with van der Waals surface area (Å²) in [6.45, 7) is 2.86. The summed E-state index contributed by atoms with van der Waals surface area (Å²) in [6.07, 6.45) is 0.986. The Labute approximate surface area is 88.2 Å². The molecule has 0 aliphatic carbocycles. The Bertz CT molecular complexity index is 353. The lowest BCUT2D eigenvalue weighted by atomic mass is 10.2. The molecule has 0 bridgehead atoms. The Hall–Kier alpha value is -1.78. The highest BCUT2D eigenvalue weighted by Gasteiger charge is 2.10. The fraction of sp³-hybridized carbons (Fsp3) is 0.400. The molecule has 0 aliphatic rings. The Balaban J connectivity index is 2.93. The van der Waals surface area contributed by atoms with Gasteiger partial charge in [-0.05, 0) is 12.5 Å². The molecule has 0 atom stereocenters. The summed E-state index contributed by atoms with van der Waals surface area (Å²) >= 11 is 0. The molecule has 1 rings (SSSR count). The standard InChI is InChI=1S/C10H14N2O3/c1-3-6-11-9-5-4-8(12(13)14)7-10(9)15-2/h4-5,7,11H,3,6H2,1-2H3. The predicted molar refractivity (Wildman–Crippen MR) is 58.4 cm³/mol. The normalized spacial score (nSPS) is 9.73. The largest absolute Gasteiger partial charge is 0.494 e. The number of nitro groups is 1. The number of anilines is 1. The van der Waals surface area contributed by atoms with Gasteiger partial charge in [0.2, 0.25) is 0 Å². The van der Waals surface area contributed by atoms with E-state index in [1.807, 2.05) is 6.92 Å². The third-order valence-corrected chi connectivity index (χ3v) is 1.96. The van der Waals surface area contributed by atoms with Gasteiger partial charge < -0.3 is 10.1 Å². The van der Waals surface area contributed by atoms with Gasteiger partial charge in [-0.3, -0.25) is 10.1 Å². The maximum Gasteiger partial charge on any atom is 0.273 e. The zero-order valence-corrected chi connectivity index (χ0v) is 8.82. The van der Waals surface area contributed by atoms with Gasteiger partial charge in [-0.25, -0.2) is 0 Å². The van der Waals surface area contributed by atoms with Gasteiger partial charge >= 0.3 is 0 Å². The van der Waals surface area contributed by atoms with Gasteiger partial charge in [0.1, 0.15) is 5.75 Å². The van der Waals surface area contributed by atoms with E-state index in [9.17, 15) is 10.1 Å². The van der Waals surface area contributed by atoms with Crippen molar-refractivity contribution in [3.8, 4) is 5.75 Å². The summed E-state index contributed by atoms with van der Waals surface area (Å²) in [6, 6.07) is 4.53. The highest BCUT2D eigenvalue weighted by atomic mass is 16.6. The summed E-state index contributed by atoms with van der Waals surface area (Å²) < 4.78 is 5.07. The average Bonchev–Trinajstić information content (AvgIpc) is 2.25. The van der Waals surface area contributed by atoms with E-state index >= 15 is 0 Å². The minimum Gasteiger partial charge on any atom is -0.494 e. The molecule has 15 heavy (non-hydrogen) atoms. The van der Waals surface area contributed by atoms with E-state index in [0.717, 1.165) is 18.7 Å². The molecular weight excluding hydrogens is 196 g/mol. The molecule has 0 unspecified atom stereocenters. The smallest absolute Gasteiger partial charge is 0.273 e. The lowest BCUT2D eigenvalue weighted by Crippen LogP contribution is -2.02. The Morgan fingerprint density at radius 3 is 2.80 bits per heavy atom. The fourth-order valence-corrected chi connectivity index (χ4v) is 1.20. The summed E-state index contributed by atoms with van der Waals surface area (Å²) in [7, 11) is 1.50. The van der Waals surface area contributed by atoms with Crippen molar-refractivity contribution in [1.82, 2.24) is 0 Å². The maximum absolute atomic E-state index is 10.5. The minimum atomic E-state index is -0.438. The van der Waals surface area contributed by atoms with Crippen LogP contribution in [-0.4, -0.2) is 18.6 Å². The van der Waals surface area contributed by atoms with Crippen molar-refractivity contribution in [3.05, 3.63) is 28.3 Å². The molecular formula is C10H14N2O3. The van der Waals surface area contributed by atoms with Crippen LogP contribution in [0.15, 0.2) is 18.2 Å². The molecule has 1 N–H and O–H groups in total. The summed E-state index contributed by atoms with van der Waals surface area (Å²) in [5.41, 5.74) is 0.818. The minimum absolute atomic E-state index is 0.0360. The lowest BCUT2D eigenvalue weighted by Gasteiger charge is -2.09. The van der Waals surface area contributed by atoms with E-state index < -0.39 is 4.92 Å². The molecule has 1 aromatic rings. The summed E-state index contributed by atoms with van der Waals surface area (Å²) in [4.78, 5) is 10.1. The first kappa shape index (κ1) is 11.3. The van der Waals surface area contributed by atoms with Crippen LogP contribution in [0.2, 0.25) is 0 Å². The van der Waals surface area contributed by atoms with E-state index in [1.54, 1.807) is 6.07 Å². The van der Waals surface area contributed by atoms with Gasteiger partial charge in [0.05, 0.1) is 23.8 Å². The number of rotatable bonds is 5. The van der Waals surface area contributed by atoms with Crippen molar-refractivity contribution in [2.75, 3.05) is 19.0 Å². The number of ether oxygens (including phenoxy) is 1. The zero-order valence-electron chi connectivity index (χ0n) is 8.82. The van der Waals surface area contributed by atoms with Crippen molar-refractivity contribution >= 4 is 11.4 Å². The number of hydrogen-bond acceptors (Lipinski definition) is 4. The van der Waals surface area contributed by atoms with Crippen LogP contribution in [0.4, 0.5) is 11.4 Å². The lowest BCUT2D eigenvalue weighted by molar-refractivity contribution is -0.384. The first-order valence-electron chi connectivity index (χ1n) is 4.75. The maximum atomic E-state index is 10.5. The summed E-state index contributed by atoms with van der Waals surface area (Å²) in [5.74, 6) is 0.498. The van der Waals surface area contributed by atoms with Crippen molar-refractivity contribution in [2.24, 2.45) is 0 Å².